The normalized spacial score (nSPS) is 19.9. The van der Waals surface area contributed by atoms with Crippen molar-refractivity contribution in [1.29, 1.82) is 0 Å². The van der Waals surface area contributed by atoms with Gasteiger partial charge in [0, 0.05) is 13.2 Å². The van der Waals surface area contributed by atoms with E-state index in [1.165, 1.54) is 11.1 Å². The Morgan fingerprint density at radius 3 is 2.33 bits per heavy atom. The Morgan fingerprint density at radius 1 is 1.33 bits per heavy atom. The van der Waals surface area contributed by atoms with Crippen LogP contribution in [0.4, 0.5) is 0 Å². The maximum Gasteiger partial charge on any atom is 0.0929 e. The summed E-state index contributed by atoms with van der Waals surface area (Å²) in [5.41, 5.74) is 8.41. The highest BCUT2D eigenvalue weighted by Gasteiger charge is 2.44. The van der Waals surface area contributed by atoms with Crippen LogP contribution in [0.2, 0.25) is 0 Å². The van der Waals surface area contributed by atoms with Crippen LogP contribution in [-0.4, -0.2) is 13.2 Å². The molecule has 82 valence electrons. The van der Waals surface area contributed by atoms with Crippen molar-refractivity contribution in [2.24, 2.45) is 5.73 Å². The molecule has 1 aromatic carbocycles. The first-order valence-corrected chi connectivity index (χ1v) is 5.56. The summed E-state index contributed by atoms with van der Waals surface area (Å²) in [5.74, 6) is 0. The van der Waals surface area contributed by atoms with E-state index in [4.69, 9.17) is 10.5 Å². The van der Waals surface area contributed by atoms with Gasteiger partial charge in [-0.2, -0.15) is 0 Å². The van der Waals surface area contributed by atoms with Gasteiger partial charge >= 0.3 is 0 Å². The van der Waals surface area contributed by atoms with Crippen molar-refractivity contribution in [3.63, 3.8) is 0 Å². The van der Waals surface area contributed by atoms with Crippen LogP contribution in [0.3, 0.4) is 0 Å². The quantitative estimate of drug-likeness (QED) is 0.818. The van der Waals surface area contributed by atoms with Gasteiger partial charge in [-0.1, -0.05) is 24.3 Å². The molecule has 1 atom stereocenters. The Bertz CT molecular complexity index is 325. The standard InChI is InChI=1S/C13H19NO/c1-10(14)9-11-3-5-12(6-4-11)13(15-2)7-8-13/h3-6,10H,7-9,14H2,1-2H3. The zero-order valence-electron chi connectivity index (χ0n) is 9.49. The molecule has 0 radical (unpaired) electrons. The molecule has 0 bridgehead atoms. The molecule has 1 aliphatic rings. The van der Waals surface area contributed by atoms with Gasteiger partial charge in [0.1, 0.15) is 0 Å². The fourth-order valence-electron chi connectivity index (χ4n) is 2.04. The predicted molar refractivity (Wildman–Crippen MR) is 61.7 cm³/mol. The van der Waals surface area contributed by atoms with Crippen molar-refractivity contribution in [2.75, 3.05) is 7.11 Å². The molecule has 0 aromatic heterocycles. The highest BCUT2D eigenvalue weighted by Crippen LogP contribution is 2.48. The van der Waals surface area contributed by atoms with Gasteiger partial charge in [-0.25, -0.2) is 0 Å². The fourth-order valence-corrected chi connectivity index (χ4v) is 2.04. The van der Waals surface area contributed by atoms with Gasteiger partial charge < -0.3 is 10.5 Å². The molecule has 0 amide bonds. The first kappa shape index (κ1) is 10.7. The lowest BCUT2D eigenvalue weighted by Gasteiger charge is -2.14. The molecule has 0 aliphatic heterocycles. The first-order chi connectivity index (χ1) is 7.16. The number of benzene rings is 1. The van der Waals surface area contributed by atoms with Crippen molar-refractivity contribution in [3.05, 3.63) is 35.4 Å². The molecule has 2 nitrogen and oxygen atoms in total. The lowest BCUT2D eigenvalue weighted by Crippen LogP contribution is -2.17. The van der Waals surface area contributed by atoms with Crippen molar-refractivity contribution in [1.82, 2.24) is 0 Å². The monoisotopic (exact) mass is 205 g/mol. The van der Waals surface area contributed by atoms with Gasteiger partial charge in [-0.3, -0.25) is 0 Å². The number of rotatable bonds is 4. The van der Waals surface area contributed by atoms with Crippen LogP contribution in [-0.2, 0) is 16.8 Å². The van der Waals surface area contributed by atoms with E-state index in [1.54, 1.807) is 7.11 Å². The van der Waals surface area contributed by atoms with Gasteiger partial charge in [0.15, 0.2) is 0 Å². The van der Waals surface area contributed by atoms with Crippen LogP contribution in [0.25, 0.3) is 0 Å². The zero-order chi connectivity index (χ0) is 10.9. The minimum absolute atomic E-state index is 0.0346. The molecule has 15 heavy (non-hydrogen) atoms. The molecule has 0 spiro atoms. The molecule has 2 rings (SSSR count). The van der Waals surface area contributed by atoms with Gasteiger partial charge in [0.25, 0.3) is 0 Å². The lowest BCUT2D eigenvalue weighted by molar-refractivity contribution is 0.0789. The Labute approximate surface area is 91.4 Å². The molecule has 0 heterocycles. The molecule has 1 aromatic rings. The summed E-state index contributed by atoms with van der Waals surface area (Å²) in [6, 6.07) is 8.91. The number of hydrogen-bond acceptors (Lipinski definition) is 2. The number of hydrogen-bond donors (Lipinski definition) is 1. The third-order valence-corrected chi connectivity index (χ3v) is 3.13. The van der Waals surface area contributed by atoms with E-state index in [0.717, 1.165) is 19.3 Å². The minimum atomic E-state index is 0.0346. The van der Waals surface area contributed by atoms with E-state index in [1.807, 2.05) is 6.92 Å². The predicted octanol–water partition coefficient (Wildman–Crippen LogP) is 2.21. The van der Waals surface area contributed by atoms with Crippen LogP contribution in [0.5, 0.6) is 0 Å². The summed E-state index contributed by atoms with van der Waals surface area (Å²) in [6.45, 7) is 2.03. The number of methoxy groups -OCH3 is 1. The molecule has 2 heteroatoms. The molecular formula is C13H19NO. The number of ether oxygens (including phenoxy) is 1. The van der Waals surface area contributed by atoms with Crippen LogP contribution < -0.4 is 5.73 Å². The first-order valence-electron chi connectivity index (χ1n) is 5.56. The molecular weight excluding hydrogens is 186 g/mol. The Kier molecular flexibility index (Phi) is 2.81. The summed E-state index contributed by atoms with van der Waals surface area (Å²) < 4.78 is 5.53. The van der Waals surface area contributed by atoms with Crippen LogP contribution in [0.1, 0.15) is 30.9 Å². The molecule has 0 saturated heterocycles. The molecule has 1 unspecified atom stereocenters. The van der Waals surface area contributed by atoms with Crippen LogP contribution in [0.15, 0.2) is 24.3 Å². The second-order valence-electron chi connectivity index (χ2n) is 4.58. The molecule has 2 N–H and O–H groups in total. The van der Waals surface area contributed by atoms with Gasteiger partial charge in [-0.15, -0.1) is 0 Å². The highest BCUT2D eigenvalue weighted by atomic mass is 16.5. The summed E-state index contributed by atoms with van der Waals surface area (Å²) in [5, 5.41) is 0. The van der Waals surface area contributed by atoms with Crippen molar-refractivity contribution >= 4 is 0 Å². The second kappa shape index (κ2) is 3.95. The lowest BCUT2D eigenvalue weighted by atomic mass is 10.0. The third kappa shape index (κ3) is 2.21. The Morgan fingerprint density at radius 2 is 1.93 bits per heavy atom. The van der Waals surface area contributed by atoms with E-state index in [0.29, 0.717) is 0 Å². The Hall–Kier alpha value is -0.860. The summed E-state index contributed by atoms with van der Waals surface area (Å²) in [4.78, 5) is 0. The highest BCUT2D eigenvalue weighted by molar-refractivity contribution is 5.31. The fraction of sp³-hybridized carbons (Fsp3) is 0.538. The maximum absolute atomic E-state index is 5.76. The zero-order valence-corrected chi connectivity index (χ0v) is 9.49. The smallest absolute Gasteiger partial charge is 0.0929 e. The molecule has 1 fully saturated rings. The maximum atomic E-state index is 5.76. The van der Waals surface area contributed by atoms with Crippen LogP contribution in [0, 0.1) is 0 Å². The second-order valence-corrected chi connectivity index (χ2v) is 4.58. The third-order valence-electron chi connectivity index (χ3n) is 3.13. The average molecular weight is 205 g/mol. The SMILES string of the molecule is COC1(c2ccc(CC(C)N)cc2)CC1. The summed E-state index contributed by atoms with van der Waals surface area (Å²) in [6.07, 6.45) is 3.24. The van der Waals surface area contributed by atoms with E-state index < -0.39 is 0 Å². The van der Waals surface area contributed by atoms with Gasteiger partial charge in [0.2, 0.25) is 0 Å². The largest absolute Gasteiger partial charge is 0.374 e. The average Bonchev–Trinajstić information content (AvgIpc) is 2.99. The molecule has 1 saturated carbocycles. The van der Waals surface area contributed by atoms with Gasteiger partial charge in [-0.05, 0) is 37.3 Å². The summed E-state index contributed by atoms with van der Waals surface area (Å²) >= 11 is 0. The van der Waals surface area contributed by atoms with E-state index in [-0.39, 0.29) is 11.6 Å². The van der Waals surface area contributed by atoms with Crippen molar-refractivity contribution in [2.45, 2.75) is 37.8 Å². The van der Waals surface area contributed by atoms with E-state index in [9.17, 15) is 0 Å². The topological polar surface area (TPSA) is 35.2 Å². The van der Waals surface area contributed by atoms with E-state index >= 15 is 0 Å². The van der Waals surface area contributed by atoms with Crippen LogP contribution >= 0.6 is 0 Å². The Balaban J connectivity index is 2.10. The number of nitrogens with two attached hydrogens (primary N) is 1. The van der Waals surface area contributed by atoms with Gasteiger partial charge in [0.05, 0.1) is 5.60 Å². The minimum Gasteiger partial charge on any atom is -0.374 e. The van der Waals surface area contributed by atoms with Crippen molar-refractivity contribution < 1.29 is 4.74 Å². The summed E-state index contributed by atoms with van der Waals surface area (Å²) in [7, 11) is 1.79. The molecule has 1 aliphatic carbocycles. The van der Waals surface area contributed by atoms with Crippen molar-refractivity contribution in [3.8, 4) is 0 Å². The van der Waals surface area contributed by atoms with E-state index in [2.05, 4.69) is 24.3 Å².